The van der Waals surface area contributed by atoms with E-state index >= 15 is 0 Å². The van der Waals surface area contributed by atoms with Gasteiger partial charge in [-0.1, -0.05) is 78.8 Å². The second-order valence-electron chi connectivity index (χ2n) is 7.98. The normalized spacial score (nSPS) is 12.0. The third kappa shape index (κ3) is 8.24. The zero-order chi connectivity index (χ0) is 25.3. The fraction of sp³-hybridized carbons (Fsp3) is 0.296. The Kier molecular flexibility index (Phi) is 9.96. The molecule has 0 fully saturated rings. The van der Waals surface area contributed by atoms with E-state index in [1.165, 1.54) is 6.42 Å². The monoisotopic (exact) mass is 534 g/mol. The highest BCUT2D eigenvalue weighted by molar-refractivity contribution is 6.68. The molecule has 0 saturated heterocycles. The standard InChI is InChI=1S/C27H29Cl3N2O3/c1-3-4-5-18-35-24-14-10-20(11-15-24)19-6-8-21(9-7-19)25(33)32-26(27(28,29)30)31-22-12-16-23(34-2)17-13-22/h6-17,26,31H,3-5,18H2,1-2H3,(H,32,33)/t26-/m1/s1. The Bertz CT molecular complexity index is 1070. The molecule has 0 unspecified atom stereocenters. The summed E-state index contributed by atoms with van der Waals surface area (Å²) in [5.41, 5.74) is 3.11. The molecule has 2 N–H and O–H groups in total. The molecule has 1 amide bonds. The van der Waals surface area contributed by atoms with Crippen molar-refractivity contribution in [3.05, 3.63) is 78.4 Å². The van der Waals surface area contributed by atoms with Crippen LogP contribution in [0.15, 0.2) is 72.8 Å². The first-order valence-corrected chi connectivity index (χ1v) is 12.5. The molecular formula is C27H29Cl3N2O3. The molecule has 35 heavy (non-hydrogen) atoms. The average Bonchev–Trinajstić information content (AvgIpc) is 2.86. The number of alkyl halides is 3. The number of carbonyl (C=O) groups is 1. The number of methoxy groups -OCH3 is 1. The summed E-state index contributed by atoms with van der Waals surface area (Å²) in [4.78, 5) is 12.9. The third-order valence-electron chi connectivity index (χ3n) is 5.36. The van der Waals surface area contributed by atoms with Crippen molar-refractivity contribution in [3.63, 3.8) is 0 Å². The molecule has 3 aromatic carbocycles. The molecule has 0 aromatic heterocycles. The van der Waals surface area contributed by atoms with Gasteiger partial charge in [-0.2, -0.15) is 0 Å². The maximum absolute atomic E-state index is 12.9. The smallest absolute Gasteiger partial charge is 0.252 e. The molecule has 0 heterocycles. The topological polar surface area (TPSA) is 59.6 Å². The molecule has 0 saturated carbocycles. The van der Waals surface area contributed by atoms with Gasteiger partial charge in [0.05, 0.1) is 13.7 Å². The summed E-state index contributed by atoms with van der Waals surface area (Å²) in [7, 11) is 1.58. The van der Waals surface area contributed by atoms with Crippen LogP contribution in [0.2, 0.25) is 0 Å². The van der Waals surface area contributed by atoms with Crippen LogP contribution in [-0.2, 0) is 0 Å². The van der Waals surface area contributed by atoms with E-state index in [0.717, 1.165) is 36.3 Å². The number of nitrogens with one attached hydrogen (secondary N) is 2. The van der Waals surface area contributed by atoms with Gasteiger partial charge in [-0.3, -0.25) is 4.79 Å². The number of hydrogen-bond acceptors (Lipinski definition) is 4. The van der Waals surface area contributed by atoms with Gasteiger partial charge in [-0.25, -0.2) is 0 Å². The van der Waals surface area contributed by atoms with E-state index in [9.17, 15) is 4.79 Å². The highest BCUT2D eigenvalue weighted by atomic mass is 35.6. The van der Waals surface area contributed by atoms with Crippen LogP contribution in [0.5, 0.6) is 11.5 Å². The molecule has 186 valence electrons. The van der Waals surface area contributed by atoms with Crippen LogP contribution >= 0.6 is 34.8 Å². The second kappa shape index (κ2) is 12.9. The Balaban J connectivity index is 1.63. The number of benzene rings is 3. The number of halogens is 3. The van der Waals surface area contributed by atoms with E-state index in [1.54, 1.807) is 43.5 Å². The summed E-state index contributed by atoms with van der Waals surface area (Å²) in [6.45, 7) is 2.89. The van der Waals surface area contributed by atoms with Crippen LogP contribution in [0.25, 0.3) is 11.1 Å². The number of carbonyl (C=O) groups excluding carboxylic acids is 1. The number of ether oxygens (including phenoxy) is 2. The molecule has 0 aliphatic heterocycles. The molecule has 3 aromatic rings. The summed E-state index contributed by atoms with van der Waals surface area (Å²) in [5.74, 6) is 1.17. The van der Waals surface area contributed by atoms with Crippen LogP contribution in [0.1, 0.15) is 36.5 Å². The molecule has 0 spiro atoms. The van der Waals surface area contributed by atoms with Crippen molar-refractivity contribution in [2.45, 2.75) is 36.1 Å². The van der Waals surface area contributed by atoms with Crippen molar-refractivity contribution in [2.24, 2.45) is 0 Å². The molecule has 3 rings (SSSR count). The van der Waals surface area contributed by atoms with Crippen LogP contribution in [0, 0.1) is 0 Å². The maximum atomic E-state index is 12.9. The fourth-order valence-electron chi connectivity index (χ4n) is 3.37. The lowest BCUT2D eigenvalue weighted by Gasteiger charge is -2.27. The largest absolute Gasteiger partial charge is 0.497 e. The molecule has 0 bridgehead atoms. The van der Waals surface area contributed by atoms with Crippen molar-refractivity contribution >= 4 is 46.4 Å². The van der Waals surface area contributed by atoms with Gasteiger partial charge in [-0.15, -0.1) is 0 Å². The van der Waals surface area contributed by atoms with Gasteiger partial charge in [0.1, 0.15) is 17.7 Å². The molecule has 1 atom stereocenters. The SMILES string of the molecule is CCCCCOc1ccc(-c2ccc(C(=O)N[C@@H](Nc3ccc(OC)cc3)C(Cl)(Cl)Cl)cc2)cc1. The first-order valence-electron chi connectivity index (χ1n) is 11.4. The zero-order valence-corrected chi connectivity index (χ0v) is 22.0. The minimum Gasteiger partial charge on any atom is -0.497 e. The van der Waals surface area contributed by atoms with Gasteiger partial charge in [0.25, 0.3) is 5.91 Å². The van der Waals surface area contributed by atoms with Gasteiger partial charge in [0.2, 0.25) is 3.79 Å². The number of anilines is 1. The summed E-state index contributed by atoms with van der Waals surface area (Å²) in [6, 6.07) is 22.2. The van der Waals surface area contributed by atoms with Gasteiger partial charge < -0.3 is 20.1 Å². The lowest BCUT2D eigenvalue weighted by molar-refractivity contribution is 0.0942. The summed E-state index contributed by atoms with van der Waals surface area (Å²) >= 11 is 18.4. The highest BCUT2D eigenvalue weighted by Crippen LogP contribution is 2.32. The summed E-state index contributed by atoms with van der Waals surface area (Å²) in [6.07, 6.45) is 2.42. The van der Waals surface area contributed by atoms with Crippen molar-refractivity contribution in [1.82, 2.24) is 5.32 Å². The fourth-order valence-corrected chi connectivity index (χ4v) is 3.70. The Morgan fingerprint density at radius 3 is 1.97 bits per heavy atom. The quantitative estimate of drug-likeness (QED) is 0.152. The van der Waals surface area contributed by atoms with E-state index in [2.05, 4.69) is 17.6 Å². The van der Waals surface area contributed by atoms with Gasteiger partial charge in [-0.05, 0) is 66.1 Å². The minimum atomic E-state index is -1.78. The Hall–Kier alpha value is -2.60. The molecule has 0 aliphatic carbocycles. The molecular weight excluding hydrogens is 507 g/mol. The Labute approximate surface area is 221 Å². The van der Waals surface area contributed by atoms with E-state index < -0.39 is 9.96 Å². The zero-order valence-electron chi connectivity index (χ0n) is 19.7. The predicted molar refractivity (Wildman–Crippen MR) is 145 cm³/mol. The third-order valence-corrected chi connectivity index (χ3v) is 6.01. The second-order valence-corrected chi connectivity index (χ2v) is 10.3. The number of unbranched alkanes of at least 4 members (excludes halogenated alkanes) is 2. The number of rotatable bonds is 11. The van der Waals surface area contributed by atoms with Crippen molar-refractivity contribution in [1.29, 1.82) is 0 Å². The number of amides is 1. The number of hydrogen-bond donors (Lipinski definition) is 2. The molecule has 0 aliphatic rings. The van der Waals surface area contributed by atoms with Crippen molar-refractivity contribution < 1.29 is 14.3 Å². The lowest BCUT2D eigenvalue weighted by Crippen LogP contribution is -2.49. The lowest BCUT2D eigenvalue weighted by atomic mass is 10.0. The maximum Gasteiger partial charge on any atom is 0.252 e. The van der Waals surface area contributed by atoms with Crippen LogP contribution in [0.3, 0.4) is 0 Å². The first-order chi connectivity index (χ1) is 16.8. The van der Waals surface area contributed by atoms with Crippen LogP contribution < -0.4 is 20.1 Å². The van der Waals surface area contributed by atoms with Crippen molar-refractivity contribution in [2.75, 3.05) is 19.0 Å². The molecule has 5 nitrogen and oxygen atoms in total. The van der Waals surface area contributed by atoms with E-state index in [-0.39, 0.29) is 5.91 Å². The van der Waals surface area contributed by atoms with Gasteiger partial charge in [0.15, 0.2) is 0 Å². The van der Waals surface area contributed by atoms with Gasteiger partial charge in [0, 0.05) is 11.3 Å². The molecule has 0 radical (unpaired) electrons. The van der Waals surface area contributed by atoms with E-state index in [0.29, 0.717) is 17.0 Å². The van der Waals surface area contributed by atoms with Crippen LogP contribution in [-0.4, -0.2) is 29.6 Å². The first kappa shape index (κ1) is 27.0. The Morgan fingerprint density at radius 2 is 1.43 bits per heavy atom. The van der Waals surface area contributed by atoms with Crippen LogP contribution in [0.4, 0.5) is 5.69 Å². The Morgan fingerprint density at radius 1 is 0.857 bits per heavy atom. The van der Waals surface area contributed by atoms with Crippen molar-refractivity contribution in [3.8, 4) is 22.6 Å². The molecule has 8 heteroatoms. The minimum absolute atomic E-state index is 0.371. The van der Waals surface area contributed by atoms with E-state index in [1.807, 2.05) is 36.4 Å². The summed E-state index contributed by atoms with van der Waals surface area (Å²) in [5, 5.41) is 5.79. The average molecular weight is 536 g/mol. The van der Waals surface area contributed by atoms with E-state index in [4.69, 9.17) is 44.3 Å². The highest BCUT2D eigenvalue weighted by Gasteiger charge is 2.34. The summed E-state index contributed by atoms with van der Waals surface area (Å²) < 4.78 is 9.14. The van der Waals surface area contributed by atoms with Gasteiger partial charge >= 0.3 is 0 Å². The predicted octanol–water partition coefficient (Wildman–Crippen LogP) is 7.47.